The molecule has 7 nitrogen and oxygen atoms in total. The fourth-order valence-corrected chi connectivity index (χ4v) is 2.58. The third-order valence-electron chi connectivity index (χ3n) is 3.77. The summed E-state index contributed by atoms with van der Waals surface area (Å²) in [6, 6.07) is 3.57. The molecule has 0 unspecified atom stereocenters. The van der Waals surface area contributed by atoms with Crippen molar-refractivity contribution in [2.24, 2.45) is 0 Å². The topological polar surface area (TPSA) is 77.4 Å². The maximum Gasteiger partial charge on any atom is 0.278 e. The lowest BCUT2D eigenvalue weighted by Gasteiger charge is -2.18. The average molecular weight is 314 g/mol. The number of methoxy groups -OCH3 is 1. The van der Waals surface area contributed by atoms with Gasteiger partial charge in [-0.2, -0.15) is 0 Å². The van der Waals surface area contributed by atoms with Gasteiger partial charge < -0.3 is 14.4 Å². The van der Waals surface area contributed by atoms with E-state index in [4.69, 9.17) is 9.47 Å². The summed E-state index contributed by atoms with van der Waals surface area (Å²) in [5, 5.41) is 0. The molecule has 3 rings (SSSR count). The molecule has 0 aliphatic carbocycles. The van der Waals surface area contributed by atoms with Crippen LogP contribution >= 0.6 is 0 Å². The molecule has 1 amide bonds. The molecule has 0 N–H and O–H groups in total. The van der Waals surface area contributed by atoms with Crippen LogP contribution in [0.5, 0.6) is 11.8 Å². The van der Waals surface area contributed by atoms with Crippen molar-refractivity contribution in [1.29, 1.82) is 0 Å². The molecule has 0 bridgehead atoms. The normalized spacial score (nSPS) is 17.1. The Morgan fingerprint density at radius 2 is 2.00 bits per heavy atom. The summed E-state index contributed by atoms with van der Waals surface area (Å²) in [6.07, 6.45) is 5.39. The minimum atomic E-state index is -0.124. The average Bonchev–Trinajstić information content (AvgIpc) is 3.04. The summed E-state index contributed by atoms with van der Waals surface area (Å²) in [5.41, 5.74) is 1.36. The van der Waals surface area contributed by atoms with Crippen molar-refractivity contribution in [1.82, 2.24) is 19.9 Å². The molecule has 0 saturated carbocycles. The van der Waals surface area contributed by atoms with Gasteiger partial charge in [0.15, 0.2) is 0 Å². The van der Waals surface area contributed by atoms with Gasteiger partial charge in [0, 0.05) is 37.3 Å². The molecule has 1 atom stereocenters. The molecule has 23 heavy (non-hydrogen) atoms. The summed E-state index contributed by atoms with van der Waals surface area (Å²) in [7, 11) is 1.52. The highest BCUT2D eigenvalue weighted by molar-refractivity contribution is 5.95. The van der Waals surface area contributed by atoms with E-state index in [0.717, 1.165) is 12.1 Å². The highest BCUT2D eigenvalue weighted by Gasteiger charge is 2.30. The third-order valence-corrected chi connectivity index (χ3v) is 3.77. The molecule has 120 valence electrons. The van der Waals surface area contributed by atoms with Gasteiger partial charge in [0.05, 0.1) is 19.2 Å². The van der Waals surface area contributed by atoms with Crippen molar-refractivity contribution in [2.45, 2.75) is 19.4 Å². The van der Waals surface area contributed by atoms with Gasteiger partial charge >= 0.3 is 0 Å². The SMILES string of the molecule is COc1nccnc1O[C@@H]1CCN(C(=O)c2cccnc2C)C1. The second kappa shape index (κ2) is 6.60. The number of rotatable bonds is 4. The first-order valence-electron chi connectivity index (χ1n) is 7.41. The van der Waals surface area contributed by atoms with Crippen molar-refractivity contribution < 1.29 is 14.3 Å². The van der Waals surface area contributed by atoms with Crippen molar-refractivity contribution >= 4 is 5.91 Å². The molecule has 0 radical (unpaired) electrons. The molecule has 2 aromatic rings. The largest absolute Gasteiger partial charge is 0.477 e. The first-order valence-corrected chi connectivity index (χ1v) is 7.41. The lowest BCUT2D eigenvalue weighted by molar-refractivity contribution is 0.0769. The fourth-order valence-electron chi connectivity index (χ4n) is 2.58. The lowest BCUT2D eigenvalue weighted by atomic mass is 10.2. The van der Waals surface area contributed by atoms with Gasteiger partial charge in [-0.3, -0.25) is 9.78 Å². The van der Waals surface area contributed by atoms with E-state index in [1.807, 2.05) is 6.92 Å². The maximum absolute atomic E-state index is 12.6. The Labute approximate surface area is 134 Å². The highest BCUT2D eigenvalue weighted by Crippen LogP contribution is 2.24. The van der Waals surface area contributed by atoms with E-state index >= 15 is 0 Å². The Morgan fingerprint density at radius 1 is 1.22 bits per heavy atom. The Bertz CT molecular complexity index is 707. The summed E-state index contributed by atoms with van der Waals surface area (Å²) in [4.78, 5) is 26.7. The van der Waals surface area contributed by atoms with E-state index in [9.17, 15) is 4.79 Å². The minimum Gasteiger partial charge on any atom is -0.477 e. The lowest BCUT2D eigenvalue weighted by Crippen LogP contribution is -2.31. The molecule has 1 saturated heterocycles. The number of likely N-dealkylation sites (tertiary alicyclic amines) is 1. The number of carbonyl (C=O) groups is 1. The second-order valence-corrected chi connectivity index (χ2v) is 5.29. The van der Waals surface area contributed by atoms with Crippen molar-refractivity contribution in [3.05, 3.63) is 42.0 Å². The zero-order chi connectivity index (χ0) is 16.2. The van der Waals surface area contributed by atoms with Crippen LogP contribution in [0, 0.1) is 6.92 Å². The van der Waals surface area contributed by atoms with Crippen molar-refractivity contribution in [3.8, 4) is 11.8 Å². The quantitative estimate of drug-likeness (QED) is 0.851. The molecule has 1 fully saturated rings. The van der Waals surface area contributed by atoms with E-state index in [-0.39, 0.29) is 12.0 Å². The number of pyridine rings is 1. The molecular formula is C16H18N4O3. The Kier molecular flexibility index (Phi) is 4.36. The van der Waals surface area contributed by atoms with E-state index in [1.165, 1.54) is 7.11 Å². The molecule has 3 heterocycles. The Morgan fingerprint density at radius 3 is 2.74 bits per heavy atom. The maximum atomic E-state index is 12.6. The van der Waals surface area contributed by atoms with E-state index in [1.54, 1.807) is 35.6 Å². The number of carbonyl (C=O) groups excluding carboxylic acids is 1. The summed E-state index contributed by atoms with van der Waals surface area (Å²) < 4.78 is 11.0. The van der Waals surface area contributed by atoms with E-state index in [2.05, 4.69) is 15.0 Å². The Balaban J connectivity index is 1.67. The first kappa shape index (κ1) is 15.2. The number of aryl methyl sites for hydroxylation is 1. The van der Waals surface area contributed by atoms with Gasteiger partial charge in [-0.1, -0.05) is 0 Å². The monoisotopic (exact) mass is 314 g/mol. The first-order chi connectivity index (χ1) is 11.2. The summed E-state index contributed by atoms with van der Waals surface area (Å²) in [6.45, 7) is 2.98. The molecule has 1 aliphatic rings. The third kappa shape index (κ3) is 3.23. The fraction of sp³-hybridized carbons (Fsp3) is 0.375. The zero-order valence-electron chi connectivity index (χ0n) is 13.1. The van der Waals surface area contributed by atoms with Gasteiger partial charge in [-0.05, 0) is 19.1 Å². The van der Waals surface area contributed by atoms with Crippen LogP contribution in [0.1, 0.15) is 22.5 Å². The van der Waals surface area contributed by atoms with Gasteiger partial charge in [0.1, 0.15) is 6.10 Å². The van der Waals surface area contributed by atoms with Gasteiger partial charge in [0.25, 0.3) is 17.7 Å². The molecule has 1 aliphatic heterocycles. The van der Waals surface area contributed by atoms with E-state index < -0.39 is 0 Å². The number of hydrogen-bond acceptors (Lipinski definition) is 6. The van der Waals surface area contributed by atoms with Gasteiger partial charge in [-0.15, -0.1) is 0 Å². The number of ether oxygens (including phenoxy) is 2. The highest BCUT2D eigenvalue weighted by atomic mass is 16.5. The minimum absolute atomic E-state index is 0.0205. The zero-order valence-corrected chi connectivity index (χ0v) is 13.1. The molecule has 0 aromatic carbocycles. The predicted octanol–water partition coefficient (Wildman–Crippen LogP) is 1.48. The summed E-state index contributed by atoms with van der Waals surface area (Å²) in [5.74, 6) is 0.681. The Hall–Kier alpha value is -2.70. The molecule has 0 spiro atoms. The summed E-state index contributed by atoms with van der Waals surface area (Å²) >= 11 is 0. The van der Waals surface area contributed by atoms with Crippen LogP contribution in [0.25, 0.3) is 0 Å². The number of aromatic nitrogens is 3. The van der Waals surface area contributed by atoms with Crippen LogP contribution in [0.3, 0.4) is 0 Å². The van der Waals surface area contributed by atoms with Gasteiger partial charge in [0.2, 0.25) is 0 Å². The van der Waals surface area contributed by atoms with E-state index in [0.29, 0.717) is 30.4 Å². The van der Waals surface area contributed by atoms with Crippen LogP contribution in [0.15, 0.2) is 30.7 Å². The van der Waals surface area contributed by atoms with Crippen LogP contribution in [-0.4, -0.2) is 52.1 Å². The van der Waals surface area contributed by atoms with Crippen molar-refractivity contribution in [2.75, 3.05) is 20.2 Å². The van der Waals surface area contributed by atoms with Crippen LogP contribution < -0.4 is 9.47 Å². The number of nitrogens with zero attached hydrogens (tertiary/aromatic N) is 4. The smallest absolute Gasteiger partial charge is 0.278 e. The number of hydrogen-bond donors (Lipinski definition) is 0. The van der Waals surface area contributed by atoms with Crippen LogP contribution in [0.2, 0.25) is 0 Å². The van der Waals surface area contributed by atoms with Crippen LogP contribution in [0.4, 0.5) is 0 Å². The molecule has 2 aromatic heterocycles. The standard InChI is InChI=1S/C16H18N4O3/c1-11-13(4-3-6-17-11)16(21)20-9-5-12(10-20)23-15-14(22-2)18-7-8-19-15/h3-4,6-8,12H,5,9-10H2,1-2H3/t12-/m1/s1. The van der Waals surface area contributed by atoms with Crippen molar-refractivity contribution in [3.63, 3.8) is 0 Å². The number of amides is 1. The van der Waals surface area contributed by atoms with Gasteiger partial charge in [-0.25, -0.2) is 9.97 Å². The van der Waals surface area contributed by atoms with Crippen LogP contribution in [-0.2, 0) is 0 Å². The molecule has 7 heteroatoms. The predicted molar refractivity (Wildman–Crippen MR) is 82.5 cm³/mol. The molecular weight excluding hydrogens is 296 g/mol. The second-order valence-electron chi connectivity index (χ2n) is 5.29.